The van der Waals surface area contributed by atoms with Crippen LogP contribution in [0.25, 0.3) is 0 Å². The maximum Gasteiger partial charge on any atom is 0.266 e. The summed E-state index contributed by atoms with van der Waals surface area (Å²) in [6.45, 7) is 2.88. The summed E-state index contributed by atoms with van der Waals surface area (Å²) in [6, 6.07) is 32.5. The Morgan fingerprint density at radius 3 is 2.02 bits per heavy atom. The van der Waals surface area contributed by atoms with Crippen molar-refractivity contribution in [3.8, 4) is 0 Å². The van der Waals surface area contributed by atoms with Gasteiger partial charge in [-0.15, -0.1) is 0 Å². The molecule has 0 saturated carbocycles. The number of aliphatic hydroxyl groups is 1. The lowest BCUT2D eigenvalue weighted by Crippen LogP contribution is -2.38. The molecule has 0 aromatic heterocycles. The first-order chi connectivity index (χ1) is 20.4. The van der Waals surface area contributed by atoms with Gasteiger partial charge < -0.3 is 14.6 Å². The van der Waals surface area contributed by atoms with E-state index in [0.717, 1.165) is 16.7 Å². The van der Waals surface area contributed by atoms with Gasteiger partial charge in [0.25, 0.3) is 11.8 Å². The van der Waals surface area contributed by atoms with Gasteiger partial charge in [-0.3, -0.25) is 14.5 Å². The SMILES string of the molecule is CC(c1ccccc1)N(C)CC1CC(c2ccc(CO)cc2)OC(c2ccc(N3C(=O)c4ccccc4C3=O)cc2)O1. The van der Waals surface area contributed by atoms with E-state index in [1.54, 1.807) is 36.4 Å². The van der Waals surface area contributed by atoms with E-state index in [2.05, 4.69) is 43.1 Å². The first-order valence-corrected chi connectivity index (χ1v) is 14.3. The highest BCUT2D eigenvalue weighted by Gasteiger charge is 2.37. The number of carbonyl (C=O) groups excluding carboxylic acids is 2. The second-order valence-corrected chi connectivity index (χ2v) is 11.0. The van der Waals surface area contributed by atoms with Crippen molar-refractivity contribution in [1.29, 1.82) is 0 Å². The molecule has 2 aliphatic rings. The first-order valence-electron chi connectivity index (χ1n) is 14.3. The van der Waals surface area contributed by atoms with Gasteiger partial charge in [-0.1, -0.05) is 78.9 Å². The summed E-state index contributed by atoms with van der Waals surface area (Å²) in [4.78, 5) is 29.5. The number of nitrogens with zero attached hydrogens (tertiary/aromatic N) is 2. The number of amides is 2. The summed E-state index contributed by atoms with van der Waals surface area (Å²) in [5.74, 6) is -0.647. The highest BCUT2D eigenvalue weighted by atomic mass is 16.7. The molecule has 7 nitrogen and oxygen atoms in total. The number of ether oxygens (including phenoxy) is 2. The Bertz CT molecular complexity index is 1520. The fraction of sp³-hybridized carbons (Fsp3) is 0.257. The molecule has 1 fully saturated rings. The van der Waals surface area contributed by atoms with Gasteiger partial charge in [0.2, 0.25) is 0 Å². The molecule has 214 valence electrons. The maximum atomic E-state index is 13.0. The van der Waals surface area contributed by atoms with Crippen LogP contribution in [0.1, 0.15) is 74.8 Å². The summed E-state index contributed by atoms with van der Waals surface area (Å²) in [5, 5.41) is 9.50. The predicted octanol–water partition coefficient (Wildman–Crippen LogP) is 6.22. The zero-order valence-electron chi connectivity index (χ0n) is 23.7. The number of imide groups is 1. The molecule has 1 N–H and O–H groups in total. The van der Waals surface area contributed by atoms with E-state index < -0.39 is 6.29 Å². The van der Waals surface area contributed by atoms with E-state index in [0.29, 0.717) is 29.8 Å². The molecule has 4 aromatic rings. The van der Waals surface area contributed by atoms with Crippen molar-refractivity contribution in [2.75, 3.05) is 18.5 Å². The number of aliphatic hydroxyl groups excluding tert-OH is 1. The lowest BCUT2D eigenvalue weighted by molar-refractivity contribution is -0.253. The minimum Gasteiger partial charge on any atom is -0.392 e. The van der Waals surface area contributed by atoms with Crippen LogP contribution in [-0.2, 0) is 16.1 Å². The minimum atomic E-state index is -0.636. The topological polar surface area (TPSA) is 79.3 Å². The van der Waals surface area contributed by atoms with Gasteiger partial charge >= 0.3 is 0 Å². The number of fused-ring (bicyclic) bond motifs is 1. The zero-order chi connectivity index (χ0) is 29.2. The van der Waals surface area contributed by atoms with Crippen molar-refractivity contribution in [2.45, 2.75) is 44.5 Å². The monoisotopic (exact) mass is 562 g/mol. The van der Waals surface area contributed by atoms with Gasteiger partial charge in [0, 0.05) is 24.6 Å². The average molecular weight is 563 g/mol. The van der Waals surface area contributed by atoms with Crippen LogP contribution in [0.2, 0.25) is 0 Å². The molecule has 4 atom stereocenters. The van der Waals surface area contributed by atoms with Crippen LogP contribution in [-0.4, -0.2) is 41.5 Å². The largest absolute Gasteiger partial charge is 0.392 e. The molecule has 6 rings (SSSR count). The van der Waals surface area contributed by atoms with Gasteiger partial charge in [-0.05, 0) is 54.9 Å². The number of hydrogen-bond acceptors (Lipinski definition) is 6. The van der Waals surface area contributed by atoms with E-state index in [9.17, 15) is 14.7 Å². The lowest BCUT2D eigenvalue weighted by atomic mass is 9.99. The number of likely N-dealkylation sites (N-methyl/N-ethyl adjacent to an activating group) is 1. The summed E-state index contributed by atoms with van der Waals surface area (Å²) in [5.41, 5.74) is 5.24. The van der Waals surface area contributed by atoms with Crippen molar-refractivity contribution >= 4 is 17.5 Å². The van der Waals surface area contributed by atoms with Crippen LogP contribution < -0.4 is 4.90 Å². The van der Waals surface area contributed by atoms with Crippen LogP contribution >= 0.6 is 0 Å². The smallest absolute Gasteiger partial charge is 0.266 e. The van der Waals surface area contributed by atoms with Gasteiger partial charge in [0.1, 0.15) is 0 Å². The first kappa shape index (κ1) is 28.0. The number of hydrogen-bond donors (Lipinski definition) is 1. The Morgan fingerprint density at radius 1 is 0.810 bits per heavy atom. The van der Waals surface area contributed by atoms with Crippen LogP contribution in [0.15, 0.2) is 103 Å². The van der Waals surface area contributed by atoms with E-state index in [-0.39, 0.29) is 36.7 Å². The summed E-state index contributed by atoms with van der Waals surface area (Å²) in [7, 11) is 2.10. The summed E-state index contributed by atoms with van der Waals surface area (Å²) < 4.78 is 13.0. The molecule has 0 spiro atoms. The van der Waals surface area contributed by atoms with E-state index in [1.165, 1.54) is 10.5 Å². The fourth-order valence-corrected chi connectivity index (χ4v) is 5.70. The third-order valence-electron chi connectivity index (χ3n) is 8.27. The lowest BCUT2D eigenvalue weighted by Gasteiger charge is -2.39. The molecule has 2 heterocycles. The Kier molecular flexibility index (Phi) is 8.00. The van der Waals surface area contributed by atoms with E-state index in [1.807, 2.05) is 42.5 Å². The van der Waals surface area contributed by atoms with E-state index >= 15 is 0 Å². The van der Waals surface area contributed by atoms with E-state index in [4.69, 9.17) is 9.47 Å². The highest BCUT2D eigenvalue weighted by molar-refractivity contribution is 6.34. The number of anilines is 1. The second kappa shape index (κ2) is 12.0. The molecular weight excluding hydrogens is 528 g/mol. The average Bonchev–Trinajstić information content (AvgIpc) is 3.30. The summed E-state index contributed by atoms with van der Waals surface area (Å²) >= 11 is 0. The third kappa shape index (κ3) is 5.52. The minimum absolute atomic E-state index is 0.0121. The Labute approximate surface area is 245 Å². The van der Waals surface area contributed by atoms with Crippen molar-refractivity contribution in [2.24, 2.45) is 0 Å². The molecular formula is C35H34N2O5. The van der Waals surface area contributed by atoms with Gasteiger partial charge in [-0.2, -0.15) is 0 Å². The highest BCUT2D eigenvalue weighted by Crippen LogP contribution is 2.39. The normalized spacial score (nSPS) is 21.0. The Hall–Kier alpha value is -4.14. The molecule has 2 aliphatic heterocycles. The van der Waals surface area contributed by atoms with Crippen molar-refractivity contribution in [3.05, 3.63) is 137 Å². The van der Waals surface area contributed by atoms with Gasteiger partial charge in [-0.25, -0.2) is 4.90 Å². The molecule has 4 aromatic carbocycles. The van der Waals surface area contributed by atoms with Crippen LogP contribution in [0.5, 0.6) is 0 Å². The van der Waals surface area contributed by atoms with Crippen LogP contribution in [0, 0.1) is 0 Å². The summed E-state index contributed by atoms with van der Waals surface area (Å²) in [6.07, 6.45) is -0.285. The molecule has 2 amide bonds. The molecule has 4 unspecified atom stereocenters. The fourth-order valence-electron chi connectivity index (χ4n) is 5.70. The third-order valence-corrected chi connectivity index (χ3v) is 8.27. The van der Waals surface area contributed by atoms with Gasteiger partial charge in [0.05, 0.1) is 35.6 Å². The number of carbonyl (C=O) groups is 2. The molecule has 1 saturated heterocycles. The number of rotatable bonds is 8. The van der Waals surface area contributed by atoms with Crippen molar-refractivity contribution in [1.82, 2.24) is 4.90 Å². The second-order valence-electron chi connectivity index (χ2n) is 11.0. The van der Waals surface area contributed by atoms with Crippen LogP contribution in [0.4, 0.5) is 5.69 Å². The zero-order valence-corrected chi connectivity index (χ0v) is 23.7. The molecule has 7 heteroatoms. The Morgan fingerprint density at radius 2 is 1.40 bits per heavy atom. The quantitative estimate of drug-likeness (QED) is 0.257. The van der Waals surface area contributed by atoms with Crippen LogP contribution in [0.3, 0.4) is 0 Å². The molecule has 0 bridgehead atoms. The van der Waals surface area contributed by atoms with Crippen molar-refractivity contribution < 1.29 is 24.2 Å². The van der Waals surface area contributed by atoms with Crippen molar-refractivity contribution in [3.63, 3.8) is 0 Å². The standard InChI is InChI=1S/C35H34N2O5/c1-23(25-8-4-3-5-9-25)36(2)21-29-20-32(26-14-12-24(22-38)13-15-26)42-35(41-29)27-16-18-28(19-17-27)37-33(39)30-10-6-7-11-31(30)34(37)40/h3-19,23,29,32,35,38H,20-22H2,1-2H3. The van der Waals surface area contributed by atoms with Gasteiger partial charge in [0.15, 0.2) is 6.29 Å². The molecule has 0 radical (unpaired) electrons. The number of benzene rings is 4. The Balaban J connectivity index is 1.23. The predicted molar refractivity (Wildman–Crippen MR) is 160 cm³/mol. The molecule has 42 heavy (non-hydrogen) atoms. The molecule has 0 aliphatic carbocycles. The maximum absolute atomic E-state index is 13.0.